The Labute approximate surface area is 128 Å². The van der Waals surface area contributed by atoms with Crippen molar-refractivity contribution in [3.05, 3.63) is 42.7 Å². The van der Waals surface area contributed by atoms with Crippen molar-refractivity contribution in [2.24, 2.45) is 0 Å². The quantitative estimate of drug-likeness (QED) is 0.709. The van der Waals surface area contributed by atoms with Crippen molar-refractivity contribution >= 4 is 11.7 Å². The highest BCUT2D eigenvalue weighted by molar-refractivity contribution is 5.90. The number of aromatic nitrogens is 3. The molecule has 1 heterocycles. The number of rotatable bonds is 6. The molecule has 1 aromatic carbocycles. The van der Waals surface area contributed by atoms with Gasteiger partial charge in [0, 0.05) is 24.3 Å². The number of nitrogens with zero attached hydrogens (tertiary/aromatic N) is 3. The zero-order valence-corrected chi connectivity index (χ0v) is 12.4. The number of hydrogen-bond donors (Lipinski definition) is 3. The van der Waals surface area contributed by atoms with Crippen molar-refractivity contribution < 1.29 is 9.90 Å². The lowest BCUT2D eigenvalue weighted by Gasteiger charge is -2.20. The van der Waals surface area contributed by atoms with E-state index in [1.165, 1.54) is 4.90 Å². The lowest BCUT2D eigenvalue weighted by atomic mass is 10.2. The normalized spacial score (nSPS) is 10.3. The van der Waals surface area contributed by atoms with E-state index in [1.807, 2.05) is 19.1 Å². The van der Waals surface area contributed by atoms with E-state index in [0.717, 1.165) is 11.4 Å². The number of carbonyl (C=O) groups excluding carboxylic acids is 1. The van der Waals surface area contributed by atoms with Crippen LogP contribution in [0.15, 0.2) is 36.9 Å². The first-order chi connectivity index (χ1) is 10.6. The van der Waals surface area contributed by atoms with Crippen LogP contribution in [0, 0.1) is 6.92 Å². The zero-order valence-electron chi connectivity index (χ0n) is 12.4. The van der Waals surface area contributed by atoms with Crippen molar-refractivity contribution in [3.63, 3.8) is 0 Å². The van der Waals surface area contributed by atoms with E-state index in [9.17, 15) is 4.79 Å². The maximum Gasteiger partial charge on any atom is 0.322 e. The Kier molecular flexibility index (Phi) is 5.26. The summed E-state index contributed by atoms with van der Waals surface area (Å²) >= 11 is 0. The summed E-state index contributed by atoms with van der Waals surface area (Å²) < 4.78 is 0. The summed E-state index contributed by atoms with van der Waals surface area (Å²) in [5, 5.41) is 18.7. The van der Waals surface area contributed by atoms with Gasteiger partial charge in [-0.05, 0) is 19.1 Å². The average Bonchev–Trinajstić information content (AvgIpc) is 2.94. The fraction of sp³-hybridized carbons (Fsp3) is 0.267. The molecule has 1 aromatic heterocycles. The number of hydrogen-bond acceptors (Lipinski definition) is 4. The molecule has 0 atom stereocenters. The van der Waals surface area contributed by atoms with E-state index in [1.54, 1.807) is 18.2 Å². The number of aliphatic hydroxyl groups is 1. The number of aryl methyl sites for hydroxylation is 1. The molecule has 7 nitrogen and oxygen atoms in total. The van der Waals surface area contributed by atoms with Crippen LogP contribution in [0.2, 0.25) is 0 Å². The molecule has 0 aliphatic carbocycles. The molecular formula is C15H19N5O2. The molecule has 0 radical (unpaired) electrons. The summed E-state index contributed by atoms with van der Waals surface area (Å²) in [5.41, 5.74) is 1.44. The SMILES string of the molecule is C=CCN(CCO)C(=O)Nc1cccc(-c2n[nH]c(C)n2)c1. The molecule has 2 amide bonds. The summed E-state index contributed by atoms with van der Waals surface area (Å²) in [5.74, 6) is 1.30. The van der Waals surface area contributed by atoms with Gasteiger partial charge in [0.1, 0.15) is 5.82 Å². The first-order valence-corrected chi connectivity index (χ1v) is 6.91. The van der Waals surface area contributed by atoms with Gasteiger partial charge in [-0.15, -0.1) is 6.58 Å². The minimum absolute atomic E-state index is 0.0994. The van der Waals surface area contributed by atoms with E-state index < -0.39 is 0 Å². The second-order valence-electron chi connectivity index (χ2n) is 4.71. The van der Waals surface area contributed by atoms with Crippen LogP contribution in [-0.2, 0) is 0 Å². The van der Waals surface area contributed by atoms with Crippen LogP contribution in [-0.4, -0.2) is 50.9 Å². The van der Waals surface area contributed by atoms with Gasteiger partial charge in [0.05, 0.1) is 6.61 Å². The number of urea groups is 1. The van der Waals surface area contributed by atoms with Crippen molar-refractivity contribution in [2.75, 3.05) is 25.0 Å². The third-order valence-electron chi connectivity index (χ3n) is 2.98. The molecule has 0 saturated carbocycles. The van der Waals surface area contributed by atoms with Crippen LogP contribution >= 0.6 is 0 Å². The van der Waals surface area contributed by atoms with Gasteiger partial charge in [-0.1, -0.05) is 18.2 Å². The Morgan fingerprint density at radius 3 is 3.00 bits per heavy atom. The number of nitrogens with one attached hydrogen (secondary N) is 2. The van der Waals surface area contributed by atoms with Gasteiger partial charge in [-0.3, -0.25) is 5.10 Å². The van der Waals surface area contributed by atoms with E-state index in [-0.39, 0.29) is 19.2 Å². The van der Waals surface area contributed by atoms with E-state index in [0.29, 0.717) is 18.1 Å². The number of anilines is 1. The fourth-order valence-electron chi connectivity index (χ4n) is 1.96. The van der Waals surface area contributed by atoms with Crippen LogP contribution in [0.5, 0.6) is 0 Å². The molecule has 116 valence electrons. The molecule has 2 aromatic rings. The van der Waals surface area contributed by atoms with Crippen molar-refractivity contribution in [1.29, 1.82) is 0 Å². The van der Waals surface area contributed by atoms with Crippen LogP contribution < -0.4 is 5.32 Å². The number of aliphatic hydroxyl groups excluding tert-OH is 1. The Morgan fingerprint density at radius 2 is 2.36 bits per heavy atom. The van der Waals surface area contributed by atoms with Crippen molar-refractivity contribution in [3.8, 4) is 11.4 Å². The Morgan fingerprint density at radius 1 is 1.55 bits per heavy atom. The predicted octanol–water partition coefficient (Wildman–Crippen LogP) is 1.79. The van der Waals surface area contributed by atoms with Gasteiger partial charge in [-0.2, -0.15) is 5.10 Å². The van der Waals surface area contributed by atoms with Gasteiger partial charge in [0.15, 0.2) is 5.82 Å². The molecule has 0 aliphatic heterocycles. The van der Waals surface area contributed by atoms with Crippen LogP contribution in [0.3, 0.4) is 0 Å². The average molecular weight is 301 g/mol. The Hall–Kier alpha value is -2.67. The monoisotopic (exact) mass is 301 g/mol. The fourth-order valence-corrected chi connectivity index (χ4v) is 1.96. The van der Waals surface area contributed by atoms with E-state index in [4.69, 9.17) is 5.11 Å². The number of H-pyrrole nitrogens is 1. The van der Waals surface area contributed by atoms with Crippen LogP contribution in [0.4, 0.5) is 10.5 Å². The molecule has 0 fully saturated rings. The first kappa shape index (κ1) is 15.7. The van der Waals surface area contributed by atoms with Gasteiger partial charge in [-0.25, -0.2) is 9.78 Å². The number of benzene rings is 1. The summed E-state index contributed by atoms with van der Waals surface area (Å²) in [4.78, 5) is 17.9. The lowest BCUT2D eigenvalue weighted by Crippen LogP contribution is -2.37. The molecule has 0 saturated heterocycles. The highest BCUT2D eigenvalue weighted by atomic mass is 16.3. The molecule has 0 aliphatic rings. The summed E-state index contributed by atoms with van der Waals surface area (Å²) in [6.07, 6.45) is 1.61. The molecule has 0 unspecified atom stereocenters. The third kappa shape index (κ3) is 3.92. The molecule has 0 bridgehead atoms. The minimum atomic E-state index is -0.294. The van der Waals surface area contributed by atoms with E-state index >= 15 is 0 Å². The number of amides is 2. The maximum absolute atomic E-state index is 12.2. The van der Waals surface area contributed by atoms with E-state index in [2.05, 4.69) is 27.1 Å². The smallest absolute Gasteiger partial charge is 0.322 e. The van der Waals surface area contributed by atoms with Gasteiger partial charge < -0.3 is 15.3 Å². The van der Waals surface area contributed by atoms with Crippen molar-refractivity contribution in [1.82, 2.24) is 20.1 Å². The van der Waals surface area contributed by atoms with Gasteiger partial charge in [0.2, 0.25) is 0 Å². The zero-order chi connectivity index (χ0) is 15.9. The van der Waals surface area contributed by atoms with Gasteiger partial charge >= 0.3 is 6.03 Å². The second kappa shape index (κ2) is 7.37. The predicted molar refractivity (Wildman–Crippen MR) is 84.4 cm³/mol. The summed E-state index contributed by atoms with van der Waals surface area (Å²) in [7, 11) is 0. The molecule has 0 spiro atoms. The first-order valence-electron chi connectivity index (χ1n) is 6.91. The maximum atomic E-state index is 12.2. The summed E-state index contributed by atoms with van der Waals surface area (Å²) in [6.45, 7) is 5.94. The lowest BCUT2D eigenvalue weighted by molar-refractivity contribution is 0.195. The van der Waals surface area contributed by atoms with Crippen LogP contribution in [0.25, 0.3) is 11.4 Å². The Bertz CT molecular complexity index is 653. The largest absolute Gasteiger partial charge is 0.395 e. The molecule has 3 N–H and O–H groups in total. The Balaban J connectivity index is 2.12. The molecular weight excluding hydrogens is 282 g/mol. The number of aromatic amines is 1. The topological polar surface area (TPSA) is 94.1 Å². The highest BCUT2D eigenvalue weighted by Gasteiger charge is 2.12. The summed E-state index contributed by atoms with van der Waals surface area (Å²) in [6, 6.07) is 6.98. The minimum Gasteiger partial charge on any atom is -0.395 e. The highest BCUT2D eigenvalue weighted by Crippen LogP contribution is 2.19. The number of carbonyl (C=O) groups is 1. The molecule has 2 rings (SSSR count). The molecule has 7 heteroatoms. The second-order valence-corrected chi connectivity index (χ2v) is 4.71. The standard InChI is InChI=1S/C15H19N5O2/c1-3-7-20(8-9-21)15(22)17-13-6-4-5-12(10-13)14-16-11(2)18-19-14/h3-6,10,21H,1,7-9H2,2H3,(H,17,22)(H,16,18,19). The van der Waals surface area contributed by atoms with Crippen molar-refractivity contribution in [2.45, 2.75) is 6.92 Å². The van der Waals surface area contributed by atoms with Gasteiger partial charge in [0.25, 0.3) is 0 Å². The van der Waals surface area contributed by atoms with Crippen LogP contribution in [0.1, 0.15) is 5.82 Å². The third-order valence-corrected chi connectivity index (χ3v) is 2.98. The molecule has 22 heavy (non-hydrogen) atoms.